The molecule has 0 unspecified atom stereocenters. The normalized spacial score (nSPS) is 14.9. The highest BCUT2D eigenvalue weighted by molar-refractivity contribution is 5.81. The summed E-state index contributed by atoms with van der Waals surface area (Å²) in [5, 5.41) is 0. The van der Waals surface area contributed by atoms with Gasteiger partial charge in [-0.1, -0.05) is 48.0 Å². The van der Waals surface area contributed by atoms with Crippen LogP contribution in [0.5, 0.6) is 5.75 Å². The SMILES string of the molecule is Cc1cccc(CN2CCN(C(=O)COc3ccccc3)CCC2=O)c1. The van der Waals surface area contributed by atoms with Crippen LogP contribution >= 0.6 is 0 Å². The lowest BCUT2D eigenvalue weighted by Crippen LogP contribution is -2.38. The van der Waals surface area contributed by atoms with E-state index >= 15 is 0 Å². The van der Waals surface area contributed by atoms with Crippen LogP contribution < -0.4 is 4.74 Å². The minimum atomic E-state index is -0.0842. The summed E-state index contributed by atoms with van der Waals surface area (Å²) in [5.74, 6) is 0.678. The Hall–Kier alpha value is -2.82. The lowest BCUT2D eigenvalue weighted by atomic mass is 10.1. The van der Waals surface area contributed by atoms with E-state index in [0.717, 1.165) is 5.56 Å². The summed E-state index contributed by atoms with van der Waals surface area (Å²) in [7, 11) is 0. The molecule has 2 amide bonds. The number of ether oxygens (including phenoxy) is 1. The van der Waals surface area contributed by atoms with Crippen LogP contribution in [0.3, 0.4) is 0 Å². The minimum absolute atomic E-state index is 0.00389. The molecule has 0 saturated carbocycles. The summed E-state index contributed by atoms with van der Waals surface area (Å²) in [6.07, 6.45) is 0.350. The third kappa shape index (κ3) is 4.85. The molecule has 2 aromatic rings. The number of hydrogen-bond acceptors (Lipinski definition) is 3. The first-order chi connectivity index (χ1) is 12.6. The maximum Gasteiger partial charge on any atom is 0.260 e. The molecule has 0 bridgehead atoms. The van der Waals surface area contributed by atoms with Crippen LogP contribution in [0.15, 0.2) is 54.6 Å². The number of carbonyl (C=O) groups is 2. The van der Waals surface area contributed by atoms with Crippen LogP contribution in [0.25, 0.3) is 0 Å². The van der Waals surface area contributed by atoms with Gasteiger partial charge in [0.05, 0.1) is 0 Å². The molecule has 5 heteroatoms. The van der Waals surface area contributed by atoms with Crippen molar-refractivity contribution in [2.75, 3.05) is 26.2 Å². The number of aryl methyl sites for hydroxylation is 1. The van der Waals surface area contributed by atoms with Gasteiger partial charge in [-0.25, -0.2) is 0 Å². The molecular weight excluding hydrogens is 328 g/mol. The summed E-state index contributed by atoms with van der Waals surface area (Å²) in [4.78, 5) is 28.4. The molecule has 0 aliphatic carbocycles. The van der Waals surface area contributed by atoms with Crippen LogP contribution in [0.4, 0.5) is 0 Å². The van der Waals surface area contributed by atoms with E-state index in [1.54, 1.807) is 4.90 Å². The first-order valence-corrected chi connectivity index (χ1v) is 8.91. The van der Waals surface area contributed by atoms with Crippen LogP contribution in [0.2, 0.25) is 0 Å². The molecule has 0 aromatic heterocycles. The topological polar surface area (TPSA) is 49.9 Å². The molecule has 1 heterocycles. The lowest BCUT2D eigenvalue weighted by Gasteiger charge is -2.22. The predicted molar refractivity (Wildman–Crippen MR) is 99.7 cm³/mol. The number of carbonyl (C=O) groups excluding carboxylic acids is 2. The smallest absolute Gasteiger partial charge is 0.260 e. The maximum absolute atomic E-state index is 12.4. The quantitative estimate of drug-likeness (QED) is 0.831. The van der Waals surface area contributed by atoms with Crippen molar-refractivity contribution < 1.29 is 14.3 Å². The summed E-state index contributed by atoms with van der Waals surface area (Å²) in [6.45, 7) is 4.15. The monoisotopic (exact) mass is 352 g/mol. The fourth-order valence-corrected chi connectivity index (χ4v) is 3.07. The second-order valence-electron chi connectivity index (χ2n) is 6.54. The van der Waals surface area contributed by atoms with E-state index in [2.05, 4.69) is 6.07 Å². The van der Waals surface area contributed by atoms with Gasteiger partial charge in [-0.05, 0) is 24.6 Å². The minimum Gasteiger partial charge on any atom is -0.484 e. The first kappa shape index (κ1) is 18.0. The van der Waals surface area contributed by atoms with E-state index < -0.39 is 0 Å². The van der Waals surface area contributed by atoms with Gasteiger partial charge in [0.25, 0.3) is 5.91 Å². The molecule has 1 aliphatic rings. The fourth-order valence-electron chi connectivity index (χ4n) is 3.07. The van der Waals surface area contributed by atoms with Crippen LogP contribution in [0, 0.1) is 6.92 Å². The summed E-state index contributed by atoms with van der Waals surface area (Å²) in [6, 6.07) is 17.5. The van der Waals surface area contributed by atoms with E-state index in [4.69, 9.17) is 4.74 Å². The number of nitrogens with zero attached hydrogens (tertiary/aromatic N) is 2. The Balaban J connectivity index is 1.54. The Morgan fingerprint density at radius 2 is 1.85 bits per heavy atom. The van der Waals surface area contributed by atoms with Crippen molar-refractivity contribution >= 4 is 11.8 Å². The molecule has 0 radical (unpaired) electrons. The zero-order valence-corrected chi connectivity index (χ0v) is 15.1. The molecule has 1 fully saturated rings. The number of amides is 2. The predicted octanol–water partition coefficient (Wildman–Crippen LogP) is 2.63. The summed E-state index contributed by atoms with van der Waals surface area (Å²) < 4.78 is 5.53. The van der Waals surface area contributed by atoms with Gasteiger partial charge >= 0.3 is 0 Å². The van der Waals surface area contributed by atoms with Crippen LogP contribution in [-0.2, 0) is 16.1 Å². The van der Waals surface area contributed by atoms with Gasteiger partial charge in [0.15, 0.2) is 6.61 Å². The Labute approximate surface area is 154 Å². The van der Waals surface area contributed by atoms with E-state index in [1.807, 2.05) is 60.4 Å². The van der Waals surface area contributed by atoms with E-state index in [9.17, 15) is 9.59 Å². The Bertz CT molecular complexity index is 761. The molecule has 5 nitrogen and oxygen atoms in total. The molecule has 0 atom stereocenters. The Morgan fingerprint density at radius 1 is 1.04 bits per heavy atom. The number of hydrogen-bond donors (Lipinski definition) is 0. The fraction of sp³-hybridized carbons (Fsp3) is 0.333. The van der Waals surface area contributed by atoms with E-state index in [0.29, 0.717) is 38.3 Å². The third-order valence-electron chi connectivity index (χ3n) is 4.50. The van der Waals surface area contributed by atoms with Crippen molar-refractivity contribution in [3.63, 3.8) is 0 Å². The summed E-state index contributed by atoms with van der Waals surface area (Å²) in [5.41, 5.74) is 2.30. The van der Waals surface area contributed by atoms with Crippen molar-refractivity contribution in [1.82, 2.24) is 9.80 Å². The maximum atomic E-state index is 12.4. The van der Waals surface area contributed by atoms with Gasteiger partial charge in [-0.2, -0.15) is 0 Å². The summed E-state index contributed by atoms with van der Waals surface area (Å²) >= 11 is 0. The third-order valence-corrected chi connectivity index (χ3v) is 4.50. The van der Waals surface area contributed by atoms with Gasteiger partial charge in [0.1, 0.15) is 5.75 Å². The van der Waals surface area contributed by atoms with Crippen molar-refractivity contribution in [1.29, 1.82) is 0 Å². The molecule has 1 saturated heterocycles. The zero-order valence-electron chi connectivity index (χ0n) is 15.1. The zero-order chi connectivity index (χ0) is 18.4. The molecule has 26 heavy (non-hydrogen) atoms. The van der Waals surface area contributed by atoms with Crippen molar-refractivity contribution in [3.8, 4) is 5.75 Å². The standard InChI is InChI=1S/C21H24N2O3/c1-17-6-5-7-18(14-17)15-23-13-12-22(11-10-20(23)24)21(25)16-26-19-8-3-2-4-9-19/h2-9,14H,10-13,15-16H2,1H3. The van der Waals surface area contributed by atoms with Crippen molar-refractivity contribution in [3.05, 3.63) is 65.7 Å². The molecule has 136 valence electrons. The highest BCUT2D eigenvalue weighted by Crippen LogP contribution is 2.13. The number of rotatable bonds is 5. The first-order valence-electron chi connectivity index (χ1n) is 8.91. The van der Waals surface area contributed by atoms with Gasteiger partial charge < -0.3 is 14.5 Å². The Kier molecular flexibility index (Phi) is 5.89. The van der Waals surface area contributed by atoms with Crippen molar-refractivity contribution in [2.45, 2.75) is 19.9 Å². The molecule has 1 aliphatic heterocycles. The average Bonchev–Trinajstić information content (AvgIpc) is 2.83. The lowest BCUT2D eigenvalue weighted by molar-refractivity contribution is -0.133. The van der Waals surface area contributed by atoms with Crippen LogP contribution in [-0.4, -0.2) is 47.9 Å². The van der Waals surface area contributed by atoms with E-state index in [1.165, 1.54) is 5.56 Å². The van der Waals surface area contributed by atoms with Crippen molar-refractivity contribution in [2.24, 2.45) is 0 Å². The van der Waals surface area contributed by atoms with Gasteiger partial charge in [-0.3, -0.25) is 9.59 Å². The molecule has 3 rings (SSSR count). The molecule has 0 spiro atoms. The highest BCUT2D eigenvalue weighted by atomic mass is 16.5. The Morgan fingerprint density at radius 3 is 2.62 bits per heavy atom. The highest BCUT2D eigenvalue weighted by Gasteiger charge is 2.24. The second-order valence-corrected chi connectivity index (χ2v) is 6.54. The largest absolute Gasteiger partial charge is 0.484 e. The molecule has 0 N–H and O–H groups in total. The van der Waals surface area contributed by atoms with Gasteiger partial charge in [0, 0.05) is 32.6 Å². The number of benzene rings is 2. The molecular formula is C21H24N2O3. The van der Waals surface area contributed by atoms with Gasteiger partial charge in [-0.15, -0.1) is 0 Å². The van der Waals surface area contributed by atoms with Gasteiger partial charge in [0.2, 0.25) is 5.91 Å². The average molecular weight is 352 g/mol. The molecule has 2 aromatic carbocycles. The second kappa shape index (κ2) is 8.52. The number of para-hydroxylation sites is 1. The van der Waals surface area contributed by atoms with E-state index in [-0.39, 0.29) is 18.4 Å². The van der Waals surface area contributed by atoms with Crippen LogP contribution in [0.1, 0.15) is 17.5 Å².